The summed E-state index contributed by atoms with van der Waals surface area (Å²) < 4.78 is 0. The molecule has 2 bridgehead atoms. The van der Waals surface area contributed by atoms with Gasteiger partial charge in [0.25, 0.3) is 0 Å². The van der Waals surface area contributed by atoms with Crippen molar-refractivity contribution in [3.05, 3.63) is 135 Å². The second-order valence-corrected chi connectivity index (χ2v) is 12.9. The lowest BCUT2D eigenvalue weighted by atomic mass is 9.54. The fraction of sp³-hybridized carbons (Fsp3) is 0.182. The van der Waals surface area contributed by atoms with E-state index in [1.807, 2.05) is 78.9 Å². The van der Waals surface area contributed by atoms with Crippen LogP contribution in [0.1, 0.15) is 27.8 Å². The predicted octanol–water partition coefficient (Wildman–Crippen LogP) is 7.14. The highest BCUT2D eigenvalue weighted by Crippen LogP contribution is 2.69. The molecule has 0 radical (unpaired) electrons. The molecule has 3 atom stereocenters. The Balaban J connectivity index is 1.36. The van der Waals surface area contributed by atoms with E-state index in [2.05, 4.69) is 5.32 Å². The Hall–Kier alpha value is -3.35. The molecule has 0 spiro atoms. The van der Waals surface area contributed by atoms with Gasteiger partial charge in [0.15, 0.2) is 0 Å². The SMILES string of the molecule is O=C(Nc1ccc(Cl)cc1Cl)[C@H](Cc1ccccc1)N1C(=O)[C@@H]2[C@H](C1=O)C1(Cl)c3ccccc3C2(Cl)c2ccccc21. The third-order valence-electron chi connectivity index (χ3n) is 8.69. The Morgan fingerprint density at radius 1 is 0.738 bits per heavy atom. The minimum absolute atomic E-state index is 0.0826. The lowest BCUT2D eigenvalue weighted by Gasteiger charge is -2.54. The van der Waals surface area contributed by atoms with Crippen LogP contribution in [0.2, 0.25) is 10.0 Å². The summed E-state index contributed by atoms with van der Waals surface area (Å²) in [5, 5.41) is 3.44. The first kappa shape index (κ1) is 27.5. The van der Waals surface area contributed by atoms with Crippen molar-refractivity contribution >= 4 is 69.8 Å². The number of halogens is 4. The van der Waals surface area contributed by atoms with Crippen LogP contribution in [0, 0.1) is 11.8 Å². The molecule has 8 rings (SSSR count). The van der Waals surface area contributed by atoms with E-state index in [0.717, 1.165) is 10.5 Å². The lowest BCUT2D eigenvalue weighted by molar-refractivity contribution is -0.146. The molecule has 4 aliphatic rings. The first-order valence-corrected chi connectivity index (χ1v) is 14.9. The topological polar surface area (TPSA) is 66.5 Å². The van der Waals surface area contributed by atoms with Crippen LogP contribution in [0.5, 0.6) is 0 Å². The largest absolute Gasteiger partial charge is 0.323 e. The molecule has 3 aliphatic carbocycles. The zero-order valence-corrected chi connectivity index (χ0v) is 24.9. The van der Waals surface area contributed by atoms with Gasteiger partial charge in [0.2, 0.25) is 17.7 Å². The molecule has 4 aromatic rings. The zero-order chi connectivity index (χ0) is 29.4. The van der Waals surface area contributed by atoms with E-state index in [9.17, 15) is 14.4 Å². The molecule has 0 aromatic heterocycles. The van der Waals surface area contributed by atoms with Crippen molar-refractivity contribution in [3.8, 4) is 0 Å². The van der Waals surface area contributed by atoms with Gasteiger partial charge in [0, 0.05) is 11.4 Å². The summed E-state index contributed by atoms with van der Waals surface area (Å²) in [5.74, 6) is -3.67. The number of nitrogens with zero attached hydrogens (tertiary/aromatic N) is 1. The Labute approximate surface area is 262 Å². The van der Waals surface area contributed by atoms with Crippen LogP contribution in [0.4, 0.5) is 5.69 Å². The number of carbonyl (C=O) groups is 3. The summed E-state index contributed by atoms with van der Waals surface area (Å²) in [5.41, 5.74) is 3.86. The number of rotatable bonds is 5. The first-order valence-electron chi connectivity index (χ1n) is 13.4. The van der Waals surface area contributed by atoms with Crippen molar-refractivity contribution in [3.63, 3.8) is 0 Å². The Morgan fingerprint density at radius 3 is 1.69 bits per heavy atom. The lowest BCUT2D eigenvalue weighted by Crippen LogP contribution is -2.57. The third kappa shape index (κ3) is 3.74. The second kappa shape index (κ2) is 9.85. The van der Waals surface area contributed by atoms with Crippen LogP contribution in [0.15, 0.2) is 97.1 Å². The number of benzene rings is 4. The van der Waals surface area contributed by atoms with Gasteiger partial charge in [-0.2, -0.15) is 0 Å². The molecule has 4 aromatic carbocycles. The molecule has 3 amide bonds. The normalized spacial score (nSPS) is 26.0. The van der Waals surface area contributed by atoms with E-state index >= 15 is 0 Å². The number of hydrogen-bond acceptors (Lipinski definition) is 3. The highest BCUT2D eigenvalue weighted by Gasteiger charge is 2.73. The van der Waals surface area contributed by atoms with Gasteiger partial charge in [0.1, 0.15) is 15.8 Å². The number of alkyl halides is 2. The van der Waals surface area contributed by atoms with Gasteiger partial charge in [-0.15, -0.1) is 23.2 Å². The minimum Gasteiger partial charge on any atom is -0.323 e. The van der Waals surface area contributed by atoms with Gasteiger partial charge >= 0.3 is 0 Å². The number of imide groups is 1. The number of carbonyl (C=O) groups excluding carboxylic acids is 3. The quantitative estimate of drug-likeness (QED) is 0.187. The number of hydrogen-bond donors (Lipinski definition) is 1. The maximum atomic E-state index is 14.5. The predicted molar refractivity (Wildman–Crippen MR) is 164 cm³/mol. The Bertz CT molecular complexity index is 1670. The van der Waals surface area contributed by atoms with Gasteiger partial charge < -0.3 is 5.32 Å². The molecular weight excluding hydrogens is 614 g/mol. The molecule has 1 heterocycles. The fourth-order valence-corrected chi connectivity index (χ4v) is 8.49. The highest BCUT2D eigenvalue weighted by atomic mass is 35.5. The maximum absolute atomic E-state index is 14.5. The van der Waals surface area contributed by atoms with Gasteiger partial charge in [-0.05, 0) is 46.0 Å². The van der Waals surface area contributed by atoms with Crippen molar-refractivity contribution in [2.75, 3.05) is 5.32 Å². The minimum atomic E-state index is -1.34. The van der Waals surface area contributed by atoms with Gasteiger partial charge in [-0.3, -0.25) is 19.3 Å². The average Bonchev–Trinajstić information content (AvgIpc) is 3.27. The molecule has 9 heteroatoms. The fourth-order valence-electron chi connectivity index (χ4n) is 6.94. The summed E-state index contributed by atoms with van der Waals surface area (Å²) in [7, 11) is 0. The van der Waals surface area contributed by atoms with Crippen molar-refractivity contribution in [1.29, 1.82) is 0 Å². The Morgan fingerprint density at radius 2 is 1.21 bits per heavy atom. The molecule has 0 saturated carbocycles. The molecule has 1 N–H and O–H groups in total. The van der Waals surface area contributed by atoms with E-state index in [1.54, 1.807) is 12.1 Å². The Kier molecular flexibility index (Phi) is 6.45. The third-order valence-corrected chi connectivity index (χ3v) is 10.5. The van der Waals surface area contributed by atoms with E-state index in [-0.39, 0.29) is 11.4 Å². The number of likely N-dealkylation sites (tertiary alicyclic amines) is 1. The van der Waals surface area contributed by atoms with Crippen LogP contribution >= 0.6 is 46.4 Å². The van der Waals surface area contributed by atoms with Crippen molar-refractivity contribution in [2.45, 2.75) is 22.2 Å². The number of amides is 3. The monoisotopic (exact) mass is 634 g/mol. The van der Waals surface area contributed by atoms with Crippen LogP contribution < -0.4 is 5.32 Å². The van der Waals surface area contributed by atoms with Crippen LogP contribution in [-0.2, 0) is 30.6 Å². The molecule has 1 fully saturated rings. The van der Waals surface area contributed by atoms with Crippen molar-refractivity contribution in [1.82, 2.24) is 4.90 Å². The van der Waals surface area contributed by atoms with Gasteiger partial charge in [-0.1, -0.05) is 102 Å². The van der Waals surface area contributed by atoms with Crippen LogP contribution in [-0.4, -0.2) is 28.7 Å². The first-order chi connectivity index (χ1) is 20.2. The van der Waals surface area contributed by atoms with Crippen molar-refractivity contribution < 1.29 is 14.4 Å². The zero-order valence-electron chi connectivity index (χ0n) is 21.9. The summed E-state index contributed by atoms with van der Waals surface area (Å²) in [6, 6.07) is 27.5. The molecule has 42 heavy (non-hydrogen) atoms. The molecule has 5 nitrogen and oxygen atoms in total. The summed E-state index contributed by atoms with van der Waals surface area (Å²) in [6.07, 6.45) is 0.0826. The van der Waals surface area contributed by atoms with E-state index in [0.29, 0.717) is 33.0 Å². The molecule has 210 valence electrons. The summed E-state index contributed by atoms with van der Waals surface area (Å²) in [6.45, 7) is 0. The van der Waals surface area contributed by atoms with E-state index in [1.165, 1.54) is 6.07 Å². The number of nitrogens with one attached hydrogen (secondary N) is 1. The standard InChI is InChI=1S/C33H22Cl4N2O3/c34-19-14-15-25(24(35)17-19)38-29(40)26(16-18-8-2-1-3-9-18)39-30(41)27-28(31(39)42)33(37)21-11-5-4-10-20(21)32(27,36)22-12-6-7-13-23(22)33/h1-15,17,26-28H,16H2,(H,38,40)/t26-,27-,28+,32?,33?/m0/s1. The van der Waals surface area contributed by atoms with E-state index < -0.39 is 45.3 Å². The highest BCUT2D eigenvalue weighted by molar-refractivity contribution is 6.37. The summed E-state index contributed by atoms with van der Waals surface area (Å²) >= 11 is 27.5. The van der Waals surface area contributed by atoms with Crippen LogP contribution in [0.25, 0.3) is 0 Å². The number of anilines is 1. The van der Waals surface area contributed by atoms with E-state index in [4.69, 9.17) is 46.4 Å². The van der Waals surface area contributed by atoms with Crippen LogP contribution in [0.3, 0.4) is 0 Å². The second-order valence-electron chi connectivity index (χ2n) is 10.8. The van der Waals surface area contributed by atoms with Crippen molar-refractivity contribution in [2.24, 2.45) is 11.8 Å². The van der Waals surface area contributed by atoms with Gasteiger partial charge in [-0.25, -0.2) is 0 Å². The molecule has 1 aliphatic heterocycles. The molecule has 0 unspecified atom stereocenters. The smallest absolute Gasteiger partial charge is 0.248 e. The average molecular weight is 636 g/mol. The molecule has 1 saturated heterocycles. The summed E-state index contributed by atoms with van der Waals surface area (Å²) in [4.78, 5) is 41.5. The van der Waals surface area contributed by atoms with Gasteiger partial charge in [0.05, 0.1) is 22.5 Å². The molecular formula is C33H22Cl4N2O3. The maximum Gasteiger partial charge on any atom is 0.248 e.